The number of halogens is 4. The van der Waals surface area contributed by atoms with Crippen LogP contribution in [0.25, 0.3) is 0 Å². The highest BCUT2D eigenvalue weighted by Crippen LogP contribution is 2.29. The lowest BCUT2D eigenvalue weighted by Gasteiger charge is -2.08. The van der Waals surface area contributed by atoms with Gasteiger partial charge in [0.25, 0.3) is 10.1 Å². The van der Waals surface area contributed by atoms with E-state index in [1.54, 1.807) is 0 Å². The molecule has 1 aromatic carbocycles. The molecule has 0 fully saturated rings. The molecule has 3 nitrogen and oxygen atoms in total. The molecule has 0 aliphatic heterocycles. The Morgan fingerprint density at radius 2 is 1.71 bits per heavy atom. The molecule has 0 heterocycles. The van der Waals surface area contributed by atoms with Crippen molar-refractivity contribution in [1.82, 2.24) is 0 Å². The van der Waals surface area contributed by atoms with Gasteiger partial charge in [0.05, 0.1) is 17.1 Å². The third-order valence-electron chi connectivity index (χ3n) is 1.79. The lowest BCUT2D eigenvalue weighted by Crippen LogP contribution is -2.10. The van der Waals surface area contributed by atoms with Gasteiger partial charge in [-0.25, -0.2) is 0 Å². The van der Waals surface area contributed by atoms with Gasteiger partial charge < -0.3 is 0 Å². The van der Waals surface area contributed by atoms with Gasteiger partial charge >= 0.3 is 6.18 Å². The normalized spacial score (nSPS) is 12.7. The summed E-state index contributed by atoms with van der Waals surface area (Å²) in [4.78, 5) is -0.337. The summed E-state index contributed by atoms with van der Waals surface area (Å²) >= 11 is 5.24. The van der Waals surface area contributed by atoms with Crippen LogP contribution in [0.2, 0.25) is 0 Å². The largest absolute Gasteiger partial charge is 0.416 e. The molecule has 96 valence electrons. The molecule has 0 aliphatic rings. The molecule has 0 N–H and O–H groups in total. The van der Waals surface area contributed by atoms with Crippen LogP contribution in [-0.2, 0) is 20.5 Å². The average Bonchev–Trinajstić information content (AvgIpc) is 2.25. The van der Waals surface area contributed by atoms with E-state index in [-0.39, 0.29) is 17.4 Å². The van der Waals surface area contributed by atoms with Crippen LogP contribution in [0.4, 0.5) is 13.2 Å². The fraction of sp³-hybridized carbons (Fsp3) is 0.333. The Hall–Kier alpha value is -0.790. The molecule has 0 saturated heterocycles. The van der Waals surface area contributed by atoms with Gasteiger partial charge in [0.2, 0.25) is 0 Å². The SMILES string of the molecule is O=S(=O)(OCCCl)c1ccc(C(F)(F)F)cc1. The van der Waals surface area contributed by atoms with Crippen molar-refractivity contribution < 1.29 is 25.8 Å². The summed E-state index contributed by atoms with van der Waals surface area (Å²) in [6, 6.07) is 3.03. The molecule has 0 spiro atoms. The van der Waals surface area contributed by atoms with Gasteiger partial charge in [0.15, 0.2) is 0 Å². The molecular formula is C9H8ClF3O3S. The molecule has 0 unspecified atom stereocenters. The van der Waals surface area contributed by atoms with Gasteiger partial charge in [0, 0.05) is 5.88 Å². The fourth-order valence-corrected chi connectivity index (χ4v) is 2.10. The van der Waals surface area contributed by atoms with E-state index in [4.69, 9.17) is 11.6 Å². The zero-order valence-electron chi connectivity index (χ0n) is 8.37. The number of alkyl halides is 4. The van der Waals surface area contributed by atoms with E-state index in [0.717, 1.165) is 12.1 Å². The maximum absolute atomic E-state index is 12.2. The maximum atomic E-state index is 12.2. The van der Waals surface area contributed by atoms with Crippen LogP contribution < -0.4 is 0 Å². The topological polar surface area (TPSA) is 43.4 Å². The van der Waals surface area contributed by atoms with Crippen molar-refractivity contribution in [2.45, 2.75) is 11.1 Å². The second kappa shape index (κ2) is 5.24. The molecule has 8 heteroatoms. The smallest absolute Gasteiger partial charge is 0.265 e. The van der Waals surface area contributed by atoms with Crippen molar-refractivity contribution in [3.05, 3.63) is 29.8 Å². The Morgan fingerprint density at radius 3 is 2.12 bits per heavy atom. The number of hydrogen-bond donors (Lipinski definition) is 0. The minimum atomic E-state index is -4.50. The Labute approximate surface area is 101 Å². The second-order valence-corrected chi connectivity index (χ2v) is 4.98. The lowest BCUT2D eigenvalue weighted by atomic mass is 10.2. The van der Waals surface area contributed by atoms with Gasteiger partial charge in [-0.3, -0.25) is 4.18 Å². The van der Waals surface area contributed by atoms with E-state index < -0.39 is 21.9 Å². The Kier molecular flexibility index (Phi) is 4.40. The van der Waals surface area contributed by atoms with Crippen LogP contribution in [-0.4, -0.2) is 20.9 Å². The Morgan fingerprint density at radius 1 is 1.18 bits per heavy atom. The Bertz CT molecular complexity index is 467. The minimum Gasteiger partial charge on any atom is -0.265 e. The first kappa shape index (κ1) is 14.3. The maximum Gasteiger partial charge on any atom is 0.416 e. The number of hydrogen-bond acceptors (Lipinski definition) is 3. The first-order valence-electron chi connectivity index (χ1n) is 4.40. The van der Waals surface area contributed by atoms with E-state index >= 15 is 0 Å². The average molecular weight is 289 g/mol. The van der Waals surface area contributed by atoms with Crippen molar-refractivity contribution in [1.29, 1.82) is 0 Å². The van der Waals surface area contributed by atoms with E-state index in [0.29, 0.717) is 12.1 Å². The molecule has 0 saturated carbocycles. The third kappa shape index (κ3) is 3.86. The molecule has 0 radical (unpaired) electrons. The van der Waals surface area contributed by atoms with Gasteiger partial charge in [-0.15, -0.1) is 11.6 Å². The number of rotatable bonds is 4. The van der Waals surface area contributed by atoms with Crippen LogP contribution in [0.15, 0.2) is 29.2 Å². The minimum absolute atomic E-state index is 0.0279. The zero-order valence-corrected chi connectivity index (χ0v) is 9.94. The first-order valence-corrected chi connectivity index (χ1v) is 6.34. The van der Waals surface area contributed by atoms with Gasteiger partial charge in [-0.05, 0) is 24.3 Å². The summed E-state index contributed by atoms with van der Waals surface area (Å²) in [6.07, 6.45) is -4.50. The molecule has 0 aromatic heterocycles. The highest BCUT2D eigenvalue weighted by molar-refractivity contribution is 7.86. The van der Waals surface area contributed by atoms with Crippen molar-refractivity contribution in [2.75, 3.05) is 12.5 Å². The summed E-state index contributed by atoms with van der Waals surface area (Å²) in [5.74, 6) is -0.0279. The molecule has 1 aromatic rings. The summed E-state index contributed by atoms with van der Waals surface area (Å²) in [5.41, 5.74) is -0.922. The lowest BCUT2D eigenvalue weighted by molar-refractivity contribution is -0.137. The van der Waals surface area contributed by atoms with Crippen molar-refractivity contribution in [3.8, 4) is 0 Å². The van der Waals surface area contributed by atoms with Crippen LogP contribution in [0.5, 0.6) is 0 Å². The predicted molar refractivity (Wildman–Crippen MR) is 55.3 cm³/mol. The molecular weight excluding hydrogens is 281 g/mol. The van der Waals surface area contributed by atoms with Crippen LogP contribution in [0.3, 0.4) is 0 Å². The summed E-state index contributed by atoms with van der Waals surface area (Å²) < 4.78 is 63.9. The van der Waals surface area contributed by atoms with Crippen LogP contribution >= 0.6 is 11.6 Å². The highest BCUT2D eigenvalue weighted by atomic mass is 35.5. The molecule has 0 atom stereocenters. The molecule has 0 amide bonds. The van der Waals surface area contributed by atoms with Gasteiger partial charge in [-0.2, -0.15) is 21.6 Å². The van der Waals surface area contributed by atoms with E-state index in [9.17, 15) is 21.6 Å². The van der Waals surface area contributed by atoms with Crippen LogP contribution in [0, 0.1) is 0 Å². The van der Waals surface area contributed by atoms with Crippen LogP contribution in [0.1, 0.15) is 5.56 Å². The number of benzene rings is 1. The second-order valence-electron chi connectivity index (χ2n) is 2.99. The highest BCUT2D eigenvalue weighted by Gasteiger charge is 2.30. The monoisotopic (exact) mass is 288 g/mol. The molecule has 0 aliphatic carbocycles. The summed E-state index contributed by atoms with van der Waals surface area (Å²) in [6.45, 7) is -0.231. The summed E-state index contributed by atoms with van der Waals surface area (Å²) in [5, 5.41) is 0. The molecule has 17 heavy (non-hydrogen) atoms. The van der Waals surface area contributed by atoms with Crippen molar-refractivity contribution >= 4 is 21.7 Å². The third-order valence-corrected chi connectivity index (χ3v) is 3.27. The fourth-order valence-electron chi connectivity index (χ4n) is 1.02. The van der Waals surface area contributed by atoms with E-state index in [1.807, 2.05) is 0 Å². The Balaban J connectivity index is 2.95. The molecule has 1 rings (SSSR count). The zero-order chi connectivity index (χ0) is 13.1. The van der Waals surface area contributed by atoms with E-state index in [2.05, 4.69) is 4.18 Å². The standard InChI is InChI=1S/C9H8ClF3O3S/c10-5-6-16-17(14,15)8-3-1-7(2-4-8)9(11,12)13/h1-4H,5-6H2. The van der Waals surface area contributed by atoms with Crippen molar-refractivity contribution in [2.24, 2.45) is 0 Å². The quantitative estimate of drug-likeness (QED) is 0.632. The van der Waals surface area contributed by atoms with Gasteiger partial charge in [-0.1, -0.05) is 0 Å². The van der Waals surface area contributed by atoms with Gasteiger partial charge in [0.1, 0.15) is 0 Å². The summed E-state index contributed by atoms with van der Waals surface area (Å²) in [7, 11) is -4.04. The van der Waals surface area contributed by atoms with Crippen molar-refractivity contribution in [3.63, 3.8) is 0 Å². The molecule has 0 bridgehead atoms. The van der Waals surface area contributed by atoms with E-state index in [1.165, 1.54) is 0 Å². The first-order chi connectivity index (χ1) is 7.77. The predicted octanol–water partition coefficient (Wildman–Crippen LogP) is 2.65.